The van der Waals surface area contributed by atoms with Crippen molar-refractivity contribution in [3.8, 4) is 0 Å². The van der Waals surface area contributed by atoms with Crippen molar-refractivity contribution in [1.29, 1.82) is 2.67 Å². The zero-order chi connectivity index (χ0) is 8.57. The molecule has 0 radical (unpaired) electrons. The Balaban J connectivity index is 0. The molecule has 0 N–H and O–H groups in total. The Morgan fingerprint density at radius 2 is 1.75 bits per heavy atom. The fourth-order valence-electron chi connectivity index (χ4n) is 0. The van der Waals surface area contributed by atoms with Crippen molar-refractivity contribution >= 4 is 14.5 Å². The van der Waals surface area contributed by atoms with Gasteiger partial charge in [-0.2, -0.15) is 0 Å². The first-order valence-corrected chi connectivity index (χ1v) is 2.95. The third kappa shape index (κ3) is 36.6. The summed E-state index contributed by atoms with van der Waals surface area (Å²) in [5.74, 6) is 0. The van der Waals surface area contributed by atoms with E-state index in [4.69, 9.17) is 2.67 Å². The Bertz CT molecular complexity index is 53.6. The van der Waals surface area contributed by atoms with Crippen LogP contribution in [0.1, 0.15) is 6.92 Å². The van der Waals surface area contributed by atoms with Gasteiger partial charge in [-0.3, -0.25) is 4.39 Å². The fourth-order valence-corrected chi connectivity index (χ4v) is 0. The molecule has 0 aliphatic rings. The van der Waals surface area contributed by atoms with Crippen LogP contribution in [0.4, 0.5) is 4.39 Å². The number of halogens is 1. The van der Waals surface area contributed by atoms with Crippen LogP contribution < -0.4 is 0 Å². The fraction of sp³-hybridized carbons (Fsp3) is 1.00. The second-order valence-electron chi connectivity index (χ2n) is 1.38. The van der Waals surface area contributed by atoms with Gasteiger partial charge in [0.2, 0.25) is 0 Å². The van der Waals surface area contributed by atoms with Crippen LogP contribution >= 0.6 is 0 Å². The molecule has 0 aromatic rings. The normalized spacial score (nSPS) is 10.0. The molecule has 0 aromatic carbocycles. The Kier molecular flexibility index (Phi) is 12.2. The largest absolute Gasteiger partial charge is 0.261 e. The maximum absolute atomic E-state index is 10.9. The molecule has 3 heteroatoms. The van der Waals surface area contributed by atoms with Gasteiger partial charge >= 0.3 is 0 Å². The predicted molar refractivity (Wildman–Crippen MR) is 42.5 cm³/mol. The molecule has 0 saturated carbocycles. The molecule has 0 spiro atoms. The van der Waals surface area contributed by atoms with Gasteiger partial charge in [-0.25, -0.2) is 0 Å². The second-order valence-corrected chi connectivity index (χ2v) is 1.38. The lowest BCUT2D eigenvalue weighted by Gasteiger charge is -1.63. The summed E-state index contributed by atoms with van der Waals surface area (Å²) < 4.78 is 24.2. The van der Waals surface area contributed by atoms with Gasteiger partial charge in [0.25, 0.3) is 0 Å². The van der Waals surface area contributed by atoms with Crippen molar-refractivity contribution in [3.05, 3.63) is 0 Å². The average Bonchev–Trinajstić information content (AvgIpc) is 1.89. The minimum atomic E-state index is -0.532. The van der Waals surface area contributed by atoms with Gasteiger partial charge in [0.05, 0.1) is 6.57 Å². The highest BCUT2D eigenvalue weighted by atomic mass is 19.1. The van der Waals surface area contributed by atoms with E-state index in [9.17, 15) is 4.39 Å². The summed E-state index contributed by atoms with van der Waals surface area (Å²) in [5, 5.41) is 0. The standard InChI is InChI=1S/C3H9B.C2H6BF/c1-3-4-2;1-3-2-4/h4H,3H2,1-2H3;3H,2H2,1H3/i4D;3D. The molecule has 0 saturated heterocycles. The van der Waals surface area contributed by atoms with Gasteiger partial charge < -0.3 is 0 Å². The summed E-state index contributed by atoms with van der Waals surface area (Å²) in [6.07, 6.45) is 0.972. The van der Waals surface area contributed by atoms with Crippen LogP contribution in [-0.4, -0.2) is 23.7 Å². The highest BCUT2D eigenvalue weighted by Crippen LogP contribution is 1.64. The molecular formula is C5H15B2F. The number of hydrogen-bond acceptors (Lipinski definition) is 0. The lowest BCUT2D eigenvalue weighted by atomic mass is 9.79. The van der Waals surface area contributed by atoms with E-state index in [0.717, 1.165) is 6.32 Å². The number of alkyl halides is 1. The molecule has 0 atom stereocenters. The minimum absolute atomic E-state index is 0.134. The summed E-state index contributed by atoms with van der Waals surface area (Å²) >= 11 is 0. The van der Waals surface area contributed by atoms with E-state index in [1.807, 2.05) is 13.7 Å². The first-order chi connectivity index (χ1) is 4.54. The van der Waals surface area contributed by atoms with Gasteiger partial charge in [-0.05, 0) is 2.67 Å². The molecule has 0 aliphatic carbocycles. The van der Waals surface area contributed by atoms with Crippen LogP contribution in [0.2, 0.25) is 20.0 Å². The van der Waals surface area contributed by atoms with Crippen LogP contribution in [0.3, 0.4) is 0 Å². The predicted octanol–water partition coefficient (Wildman–Crippen LogP) is 1.31. The third-order valence-electron chi connectivity index (χ3n) is 0.563. The maximum Gasteiger partial charge on any atom is 0.157 e. The van der Waals surface area contributed by atoms with E-state index in [0.29, 0.717) is 0 Å². The van der Waals surface area contributed by atoms with Crippen LogP contribution in [0.5, 0.6) is 0 Å². The summed E-state index contributed by atoms with van der Waals surface area (Å²) in [6, 6.07) is 0. The third-order valence-corrected chi connectivity index (χ3v) is 0.563. The SMILES string of the molecule is [2H]B(C)CC.[2H]B(C)CF. The molecule has 48 valence electrons. The summed E-state index contributed by atoms with van der Waals surface area (Å²) in [7, 11) is -0.398. The first kappa shape index (κ1) is 6.18. The minimum Gasteiger partial charge on any atom is -0.261 e. The quantitative estimate of drug-likeness (QED) is 0.479. The maximum atomic E-state index is 10.9. The Morgan fingerprint density at radius 3 is 1.75 bits per heavy atom. The van der Waals surface area contributed by atoms with Crippen molar-refractivity contribution in [3.63, 3.8) is 0 Å². The van der Waals surface area contributed by atoms with E-state index < -0.39 is 13.8 Å². The summed E-state index contributed by atoms with van der Waals surface area (Å²) in [6.45, 7) is 4.89. The zero-order valence-corrected chi connectivity index (χ0v) is 5.95. The van der Waals surface area contributed by atoms with Crippen molar-refractivity contribution in [2.75, 3.05) is 6.57 Å². The van der Waals surface area contributed by atoms with Gasteiger partial charge in [0.15, 0.2) is 7.24 Å². The molecule has 0 aromatic heterocycles. The van der Waals surface area contributed by atoms with E-state index in [2.05, 4.69) is 0 Å². The Morgan fingerprint density at radius 1 is 1.50 bits per heavy atom. The highest BCUT2D eigenvalue weighted by Gasteiger charge is 1.66. The number of rotatable bonds is 2. The smallest absolute Gasteiger partial charge is 0.157 e. The van der Waals surface area contributed by atoms with Crippen molar-refractivity contribution in [1.82, 2.24) is 0 Å². The lowest BCUT2D eigenvalue weighted by Crippen LogP contribution is -1.78. The van der Waals surface area contributed by atoms with Crippen LogP contribution in [-0.2, 0) is 0 Å². The summed E-state index contributed by atoms with van der Waals surface area (Å²) in [5.41, 5.74) is 0. The molecule has 0 nitrogen and oxygen atoms in total. The van der Waals surface area contributed by atoms with Crippen LogP contribution in [0.25, 0.3) is 0 Å². The van der Waals surface area contributed by atoms with Gasteiger partial charge in [0.1, 0.15) is 7.24 Å². The average molecular weight is 118 g/mol. The van der Waals surface area contributed by atoms with E-state index in [-0.39, 0.29) is 7.24 Å². The van der Waals surface area contributed by atoms with Gasteiger partial charge in [0, 0.05) is 0 Å². The Hall–Kier alpha value is 0.0599. The molecule has 0 heterocycles. The molecule has 0 bridgehead atoms. The molecular weight excluding hydrogens is 101 g/mol. The van der Waals surface area contributed by atoms with Crippen molar-refractivity contribution in [2.45, 2.75) is 26.9 Å². The highest BCUT2D eigenvalue weighted by molar-refractivity contribution is 6.33. The van der Waals surface area contributed by atoms with Crippen molar-refractivity contribution < 1.29 is 4.39 Å². The van der Waals surface area contributed by atoms with E-state index >= 15 is 0 Å². The molecule has 0 fully saturated rings. The topological polar surface area (TPSA) is 0 Å². The van der Waals surface area contributed by atoms with E-state index in [1.54, 1.807) is 0 Å². The van der Waals surface area contributed by atoms with Crippen molar-refractivity contribution in [2.24, 2.45) is 0 Å². The zero-order valence-electron chi connectivity index (χ0n) is 7.95. The van der Waals surface area contributed by atoms with Gasteiger partial charge in [-0.15, -0.1) is 0 Å². The van der Waals surface area contributed by atoms with Gasteiger partial charge in [-0.1, -0.05) is 26.9 Å². The first-order valence-electron chi connectivity index (χ1n) is 4.10. The number of hydrogen-bond donors (Lipinski definition) is 0. The van der Waals surface area contributed by atoms with Crippen LogP contribution in [0, 0.1) is 0 Å². The molecule has 8 heavy (non-hydrogen) atoms. The lowest BCUT2D eigenvalue weighted by molar-refractivity contribution is 0.594. The van der Waals surface area contributed by atoms with E-state index in [1.165, 1.54) is 6.82 Å². The molecule has 0 amide bonds. The molecule has 0 rings (SSSR count). The second kappa shape index (κ2) is 15.7. The summed E-state index contributed by atoms with van der Waals surface area (Å²) in [4.78, 5) is 0. The monoisotopic (exact) mass is 118 g/mol. The molecule has 0 aliphatic heterocycles. The van der Waals surface area contributed by atoms with Crippen LogP contribution in [0.15, 0.2) is 0 Å². The molecule has 0 unspecified atom stereocenters. The Labute approximate surface area is 56.1 Å².